The van der Waals surface area contributed by atoms with Gasteiger partial charge in [0.05, 0.1) is 12.6 Å². The van der Waals surface area contributed by atoms with Crippen LogP contribution in [0.3, 0.4) is 0 Å². The number of carbonyl (C=O) groups is 1. The Hall–Kier alpha value is -2.95. The molecule has 2 rings (SSSR count). The summed E-state index contributed by atoms with van der Waals surface area (Å²) in [6.07, 6.45) is 0.107. The van der Waals surface area contributed by atoms with Crippen molar-refractivity contribution in [2.24, 2.45) is 0 Å². The van der Waals surface area contributed by atoms with Gasteiger partial charge in [0.25, 0.3) is 0 Å². The molecule has 5 heteroatoms. The number of hydrogen-bond acceptors (Lipinski definition) is 4. The number of benzene rings is 2. The van der Waals surface area contributed by atoms with Crippen molar-refractivity contribution < 1.29 is 14.3 Å². The summed E-state index contributed by atoms with van der Waals surface area (Å²) in [5.41, 5.74) is 2.51. The Balaban J connectivity index is 1.82. The van der Waals surface area contributed by atoms with Gasteiger partial charge < -0.3 is 20.1 Å². The van der Waals surface area contributed by atoms with Crippen LogP contribution in [0.4, 0.5) is 11.4 Å². The third-order valence-electron chi connectivity index (χ3n) is 3.28. The highest BCUT2D eigenvalue weighted by Crippen LogP contribution is 2.19. The lowest BCUT2D eigenvalue weighted by molar-refractivity contribution is -0.114. The summed E-state index contributed by atoms with van der Waals surface area (Å²) in [5.74, 6) is 1.39. The number of rotatable bonds is 9. The van der Waals surface area contributed by atoms with E-state index in [9.17, 15) is 4.79 Å². The van der Waals surface area contributed by atoms with Gasteiger partial charge in [-0.15, -0.1) is 0 Å². The minimum atomic E-state index is -0.129. The summed E-state index contributed by atoms with van der Waals surface area (Å²) in [5, 5.41) is 5.94. The molecule has 0 spiro atoms. The zero-order chi connectivity index (χ0) is 18.9. The molecule has 0 saturated carbocycles. The van der Waals surface area contributed by atoms with Crippen LogP contribution in [-0.4, -0.2) is 25.2 Å². The zero-order valence-electron chi connectivity index (χ0n) is 15.5. The van der Waals surface area contributed by atoms with E-state index in [-0.39, 0.29) is 18.6 Å². The van der Waals surface area contributed by atoms with E-state index in [1.807, 2.05) is 69.3 Å². The third kappa shape index (κ3) is 6.89. The van der Waals surface area contributed by atoms with Crippen LogP contribution >= 0.6 is 0 Å². The topological polar surface area (TPSA) is 59.6 Å². The molecule has 26 heavy (non-hydrogen) atoms. The fraction of sp³-hybridized carbons (Fsp3) is 0.286. The van der Waals surface area contributed by atoms with Crippen molar-refractivity contribution in [1.82, 2.24) is 0 Å². The fourth-order valence-corrected chi connectivity index (χ4v) is 2.18. The van der Waals surface area contributed by atoms with Crippen LogP contribution in [0.5, 0.6) is 11.5 Å². The molecule has 0 aliphatic heterocycles. The monoisotopic (exact) mass is 354 g/mol. The number of hydrogen-bond donors (Lipinski definition) is 2. The molecule has 5 nitrogen and oxygen atoms in total. The van der Waals surface area contributed by atoms with E-state index in [4.69, 9.17) is 9.47 Å². The summed E-state index contributed by atoms with van der Waals surface area (Å²) in [4.78, 5) is 12.1. The molecule has 2 aromatic carbocycles. The van der Waals surface area contributed by atoms with E-state index in [1.54, 1.807) is 0 Å². The molecule has 0 atom stereocenters. The maximum absolute atomic E-state index is 12.1. The van der Waals surface area contributed by atoms with Gasteiger partial charge in [-0.05, 0) is 62.7 Å². The van der Waals surface area contributed by atoms with Gasteiger partial charge >= 0.3 is 0 Å². The molecule has 0 bridgehead atoms. The molecular formula is C21H26N2O3. The number of amides is 1. The van der Waals surface area contributed by atoms with Crippen molar-refractivity contribution >= 4 is 17.3 Å². The average molecular weight is 354 g/mol. The van der Waals surface area contributed by atoms with E-state index in [1.165, 1.54) is 0 Å². The number of nitrogens with one attached hydrogen (secondary N) is 2. The first-order chi connectivity index (χ1) is 12.4. The van der Waals surface area contributed by atoms with Crippen molar-refractivity contribution in [2.45, 2.75) is 26.9 Å². The zero-order valence-corrected chi connectivity index (χ0v) is 15.5. The van der Waals surface area contributed by atoms with E-state index < -0.39 is 0 Å². The van der Waals surface area contributed by atoms with E-state index in [0.717, 1.165) is 28.4 Å². The number of ether oxygens (including phenoxy) is 2. The lowest BCUT2D eigenvalue weighted by Crippen LogP contribution is -2.21. The Morgan fingerprint density at radius 1 is 1.08 bits per heavy atom. The molecule has 0 fully saturated rings. The van der Waals surface area contributed by atoms with Crippen molar-refractivity contribution in [1.29, 1.82) is 0 Å². The minimum absolute atomic E-state index is 0.107. The Kier molecular flexibility index (Phi) is 7.09. The predicted octanol–water partition coefficient (Wildman–Crippen LogP) is 4.48. The van der Waals surface area contributed by atoms with Gasteiger partial charge in [0.1, 0.15) is 18.1 Å². The van der Waals surface area contributed by atoms with Crippen LogP contribution in [-0.2, 0) is 4.79 Å². The van der Waals surface area contributed by atoms with Gasteiger partial charge in [-0.3, -0.25) is 4.79 Å². The molecule has 2 aromatic rings. The first-order valence-corrected chi connectivity index (χ1v) is 8.60. The van der Waals surface area contributed by atoms with Gasteiger partial charge in [-0.25, -0.2) is 0 Å². The van der Waals surface area contributed by atoms with Gasteiger partial charge in [0.2, 0.25) is 5.91 Å². The fourth-order valence-electron chi connectivity index (χ4n) is 2.18. The quantitative estimate of drug-likeness (QED) is 0.652. The van der Waals surface area contributed by atoms with Gasteiger partial charge in [-0.1, -0.05) is 12.6 Å². The molecule has 1 amide bonds. The third-order valence-corrected chi connectivity index (χ3v) is 3.28. The first-order valence-electron chi connectivity index (χ1n) is 8.60. The SMILES string of the molecule is C=C(C)COc1ccc(NC(=O)CNc2cccc(OC(C)C)c2)cc1. The van der Waals surface area contributed by atoms with E-state index >= 15 is 0 Å². The standard InChI is InChI=1S/C21H26N2O3/c1-15(2)14-25-19-10-8-17(9-11-19)23-21(24)13-22-18-6-5-7-20(12-18)26-16(3)4/h5-12,16,22H,1,13-14H2,2-4H3,(H,23,24). The Labute approximate surface area is 155 Å². The maximum Gasteiger partial charge on any atom is 0.243 e. The van der Waals surface area contributed by atoms with Crippen molar-refractivity contribution in [3.8, 4) is 11.5 Å². The second kappa shape index (κ2) is 9.51. The maximum atomic E-state index is 12.1. The summed E-state index contributed by atoms with van der Waals surface area (Å²) in [7, 11) is 0. The van der Waals surface area contributed by atoms with Crippen LogP contribution in [0, 0.1) is 0 Å². The first kappa shape index (κ1) is 19.4. The highest BCUT2D eigenvalue weighted by Gasteiger charge is 2.04. The predicted molar refractivity (Wildman–Crippen MR) is 106 cm³/mol. The summed E-state index contributed by atoms with van der Waals surface area (Å²) < 4.78 is 11.2. The van der Waals surface area contributed by atoms with Crippen LogP contribution in [0.1, 0.15) is 20.8 Å². The normalized spacial score (nSPS) is 10.3. The van der Waals surface area contributed by atoms with Crippen molar-refractivity contribution in [3.63, 3.8) is 0 Å². The van der Waals surface area contributed by atoms with Crippen LogP contribution < -0.4 is 20.1 Å². The molecule has 0 aliphatic carbocycles. The molecule has 0 aromatic heterocycles. The summed E-state index contributed by atoms with van der Waals surface area (Å²) in [6.45, 7) is 10.3. The Morgan fingerprint density at radius 3 is 2.46 bits per heavy atom. The lowest BCUT2D eigenvalue weighted by Gasteiger charge is -2.12. The molecule has 138 valence electrons. The van der Waals surface area contributed by atoms with Crippen molar-refractivity contribution in [2.75, 3.05) is 23.8 Å². The molecule has 0 aliphatic rings. The summed E-state index contributed by atoms with van der Waals surface area (Å²) in [6, 6.07) is 14.8. The van der Waals surface area contributed by atoms with Gasteiger partial charge in [0.15, 0.2) is 0 Å². The van der Waals surface area contributed by atoms with E-state index in [0.29, 0.717) is 6.61 Å². The van der Waals surface area contributed by atoms with Crippen LogP contribution in [0.2, 0.25) is 0 Å². The highest BCUT2D eigenvalue weighted by molar-refractivity contribution is 5.93. The summed E-state index contributed by atoms with van der Waals surface area (Å²) >= 11 is 0. The largest absolute Gasteiger partial charge is 0.491 e. The van der Waals surface area contributed by atoms with Crippen LogP contribution in [0.25, 0.3) is 0 Å². The lowest BCUT2D eigenvalue weighted by atomic mass is 10.3. The Morgan fingerprint density at radius 2 is 1.81 bits per heavy atom. The molecule has 0 heterocycles. The minimum Gasteiger partial charge on any atom is -0.491 e. The Bertz CT molecular complexity index is 739. The number of carbonyl (C=O) groups excluding carboxylic acids is 1. The molecule has 2 N–H and O–H groups in total. The second-order valence-electron chi connectivity index (χ2n) is 6.37. The van der Waals surface area contributed by atoms with Gasteiger partial charge in [-0.2, -0.15) is 0 Å². The van der Waals surface area contributed by atoms with Gasteiger partial charge in [0, 0.05) is 17.4 Å². The van der Waals surface area contributed by atoms with E-state index in [2.05, 4.69) is 17.2 Å². The smallest absolute Gasteiger partial charge is 0.243 e. The molecule has 0 saturated heterocycles. The second-order valence-corrected chi connectivity index (χ2v) is 6.37. The average Bonchev–Trinajstić information content (AvgIpc) is 2.59. The molecular weight excluding hydrogens is 328 g/mol. The van der Waals surface area contributed by atoms with Crippen molar-refractivity contribution in [3.05, 3.63) is 60.7 Å². The molecule has 0 unspecified atom stereocenters. The molecule has 0 radical (unpaired) electrons. The van der Waals surface area contributed by atoms with Crippen LogP contribution in [0.15, 0.2) is 60.7 Å². The number of anilines is 2. The highest BCUT2D eigenvalue weighted by atomic mass is 16.5.